The highest BCUT2D eigenvalue weighted by Crippen LogP contribution is 2.61. The molecule has 4 aliphatic rings. The van der Waals surface area contributed by atoms with Crippen molar-refractivity contribution in [3.05, 3.63) is 66.4 Å². The summed E-state index contributed by atoms with van der Waals surface area (Å²) in [4.78, 5) is 13.7. The lowest BCUT2D eigenvalue weighted by atomic mass is 9.48. The van der Waals surface area contributed by atoms with Gasteiger partial charge in [0.15, 0.2) is 0 Å². The number of benzene rings is 2. The molecule has 0 spiro atoms. The summed E-state index contributed by atoms with van der Waals surface area (Å²) in [6, 6.07) is 17.9. The van der Waals surface area contributed by atoms with Gasteiger partial charge in [-0.1, -0.05) is 30.3 Å². The molecule has 1 heterocycles. The van der Waals surface area contributed by atoms with Crippen LogP contribution in [0.5, 0.6) is 5.75 Å². The smallest absolute Gasteiger partial charge is 0.255 e. The van der Waals surface area contributed by atoms with Crippen LogP contribution in [0.1, 0.15) is 55.8 Å². The number of carbonyl (C=O) groups is 1. The number of nitrogens with one attached hydrogen (secondary N) is 1. The van der Waals surface area contributed by atoms with E-state index in [-0.39, 0.29) is 17.4 Å². The first-order valence-electron chi connectivity index (χ1n) is 12.6. The molecule has 176 valence electrons. The molecule has 34 heavy (non-hydrogen) atoms. The molecular formula is C29H33N3O2. The number of carbonyl (C=O) groups excluding carboxylic acids is 1. The van der Waals surface area contributed by atoms with Crippen LogP contribution < -0.4 is 10.1 Å². The van der Waals surface area contributed by atoms with E-state index >= 15 is 0 Å². The Kier molecular flexibility index (Phi) is 5.23. The largest absolute Gasteiger partial charge is 0.497 e. The summed E-state index contributed by atoms with van der Waals surface area (Å²) in [5.41, 5.74) is 3.35. The van der Waals surface area contributed by atoms with Crippen molar-refractivity contribution in [1.82, 2.24) is 15.1 Å². The second kappa shape index (κ2) is 8.30. The van der Waals surface area contributed by atoms with Crippen LogP contribution in [0.15, 0.2) is 60.8 Å². The van der Waals surface area contributed by atoms with Crippen molar-refractivity contribution in [3.8, 4) is 22.7 Å². The van der Waals surface area contributed by atoms with E-state index in [1.165, 1.54) is 38.5 Å². The topological polar surface area (TPSA) is 56.2 Å². The molecule has 4 fully saturated rings. The molecule has 0 radical (unpaired) electrons. The molecule has 2 aromatic carbocycles. The van der Waals surface area contributed by atoms with Gasteiger partial charge in [0.25, 0.3) is 5.91 Å². The molecule has 1 unspecified atom stereocenters. The number of amides is 1. The van der Waals surface area contributed by atoms with E-state index in [9.17, 15) is 4.79 Å². The van der Waals surface area contributed by atoms with Crippen LogP contribution in [0.4, 0.5) is 0 Å². The van der Waals surface area contributed by atoms with Gasteiger partial charge in [0, 0.05) is 17.8 Å². The Morgan fingerprint density at radius 3 is 2.35 bits per heavy atom. The van der Waals surface area contributed by atoms with E-state index in [2.05, 4.69) is 12.2 Å². The minimum absolute atomic E-state index is 0.0387. The third-order valence-corrected chi connectivity index (χ3v) is 8.67. The summed E-state index contributed by atoms with van der Waals surface area (Å²) in [6.07, 6.45) is 9.90. The van der Waals surface area contributed by atoms with E-state index in [1.807, 2.05) is 60.8 Å². The Morgan fingerprint density at radius 1 is 1.03 bits per heavy atom. The van der Waals surface area contributed by atoms with Gasteiger partial charge >= 0.3 is 0 Å². The Balaban J connectivity index is 1.33. The van der Waals surface area contributed by atoms with Crippen LogP contribution in [-0.4, -0.2) is 28.8 Å². The van der Waals surface area contributed by atoms with Crippen LogP contribution in [0.3, 0.4) is 0 Å². The van der Waals surface area contributed by atoms with Crippen LogP contribution in [0, 0.1) is 23.2 Å². The fourth-order valence-corrected chi connectivity index (χ4v) is 7.37. The van der Waals surface area contributed by atoms with Gasteiger partial charge in [-0.2, -0.15) is 5.10 Å². The van der Waals surface area contributed by atoms with Gasteiger partial charge < -0.3 is 10.1 Å². The number of hydrogen-bond donors (Lipinski definition) is 1. The Morgan fingerprint density at radius 2 is 1.71 bits per heavy atom. The molecule has 7 rings (SSSR count). The minimum atomic E-state index is -0.0387. The summed E-state index contributed by atoms with van der Waals surface area (Å²) < 4.78 is 7.24. The number of rotatable bonds is 6. The van der Waals surface area contributed by atoms with Gasteiger partial charge in [-0.05, 0) is 92.9 Å². The number of methoxy groups -OCH3 is 1. The molecule has 4 aliphatic carbocycles. The maximum atomic E-state index is 13.7. The minimum Gasteiger partial charge on any atom is -0.497 e. The van der Waals surface area contributed by atoms with Crippen molar-refractivity contribution in [2.24, 2.45) is 23.2 Å². The van der Waals surface area contributed by atoms with Gasteiger partial charge in [-0.15, -0.1) is 0 Å². The summed E-state index contributed by atoms with van der Waals surface area (Å²) in [5.74, 6) is 3.29. The van der Waals surface area contributed by atoms with E-state index in [1.54, 1.807) is 11.8 Å². The van der Waals surface area contributed by atoms with Crippen molar-refractivity contribution in [2.45, 2.75) is 51.5 Å². The molecule has 0 aliphatic heterocycles. The standard InChI is InChI=1S/C29H33N3O2/c1-19(29-15-20-11-21(16-29)13-22(12-20)17-29)30-28(33)26-18-32(24-8-4-3-5-9-24)31-27(26)23-7-6-10-25(14-23)34-2/h3-10,14,18-22H,11-13,15-17H2,1-2H3,(H,30,33). The van der Waals surface area contributed by atoms with Gasteiger partial charge in [-0.3, -0.25) is 4.79 Å². The normalized spacial score (nSPS) is 28.0. The van der Waals surface area contributed by atoms with E-state index in [0.29, 0.717) is 11.3 Å². The molecule has 1 N–H and O–H groups in total. The lowest BCUT2D eigenvalue weighted by Crippen LogP contribution is -2.55. The predicted octanol–water partition coefficient (Wildman–Crippen LogP) is 5.88. The zero-order valence-corrected chi connectivity index (χ0v) is 20.0. The molecule has 4 bridgehead atoms. The second-order valence-corrected chi connectivity index (χ2v) is 10.9. The predicted molar refractivity (Wildman–Crippen MR) is 133 cm³/mol. The van der Waals surface area contributed by atoms with Gasteiger partial charge in [-0.25, -0.2) is 4.68 Å². The molecule has 5 heteroatoms. The van der Waals surface area contributed by atoms with Crippen LogP contribution in [0.25, 0.3) is 16.9 Å². The first-order valence-corrected chi connectivity index (χ1v) is 12.6. The molecule has 0 saturated heterocycles. The molecule has 1 amide bonds. The van der Waals surface area contributed by atoms with Crippen molar-refractivity contribution < 1.29 is 9.53 Å². The fraction of sp³-hybridized carbons (Fsp3) is 0.448. The monoisotopic (exact) mass is 455 g/mol. The quantitative estimate of drug-likeness (QED) is 0.505. The highest BCUT2D eigenvalue weighted by Gasteiger charge is 2.53. The summed E-state index contributed by atoms with van der Waals surface area (Å²) in [7, 11) is 1.66. The van der Waals surface area contributed by atoms with Gasteiger partial charge in [0.2, 0.25) is 0 Å². The second-order valence-electron chi connectivity index (χ2n) is 10.9. The first-order chi connectivity index (χ1) is 16.5. The maximum Gasteiger partial charge on any atom is 0.255 e. The van der Waals surface area contributed by atoms with Crippen LogP contribution in [0.2, 0.25) is 0 Å². The van der Waals surface area contributed by atoms with Crippen molar-refractivity contribution in [3.63, 3.8) is 0 Å². The lowest BCUT2D eigenvalue weighted by Gasteiger charge is -2.59. The van der Waals surface area contributed by atoms with Crippen molar-refractivity contribution in [1.29, 1.82) is 0 Å². The highest BCUT2D eigenvalue weighted by atomic mass is 16.5. The molecule has 1 atom stereocenters. The van der Waals surface area contributed by atoms with Crippen LogP contribution in [-0.2, 0) is 0 Å². The molecular weight excluding hydrogens is 422 g/mol. The summed E-state index contributed by atoms with van der Waals surface area (Å²) in [6.45, 7) is 2.23. The Bertz CT molecular complexity index is 1160. The molecule has 5 nitrogen and oxygen atoms in total. The maximum absolute atomic E-state index is 13.7. The number of ether oxygens (including phenoxy) is 1. The number of aromatic nitrogens is 2. The third kappa shape index (κ3) is 3.71. The average molecular weight is 456 g/mol. The van der Waals surface area contributed by atoms with E-state index in [0.717, 1.165) is 34.8 Å². The Hall–Kier alpha value is -3.08. The van der Waals surface area contributed by atoms with E-state index < -0.39 is 0 Å². The first kappa shape index (κ1) is 21.5. The number of hydrogen-bond acceptors (Lipinski definition) is 3. The summed E-state index contributed by atoms with van der Waals surface area (Å²) >= 11 is 0. The molecule has 1 aromatic heterocycles. The SMILES string of the molecule is COc1cccc(-c2nn(-c3ccccc3)cc2C(=O)NC(C)C23CC4CC(CC(C4)C2)C3)c1. The fourth-order valence-electron chi connectivity index (χ4n) is 7.37. The molecule has 4 saturated carbocycles. The van der Waals surface area contributed by atoms with Crippen molar-refractivity contribution >= 4 is 5.91 Å². The highest BCUT2D eigenvalue weighted by molar-refractivity contribution is 6.00. The number of nitrogens with zero attached hydrogens (tertiary/aromatic N) is 2. The Labute approximate surface area is 201 Å². The lowest BCUT2D eigenvalue weighted by molar-refractivity contribution is -0.0687. The third-order valence-electron chi connectivity index (χ3n) is 8.67. The summed E-state index contributed by atoms with van der Waals surface area (Å²) in [5, 5.41) is 8.28. The van der Waals surface area contributed by atoms with Gasteiger partial charge in [0.1, 0.15) is 11.4 Å². The average Bonchev–Trinajstić information content (AvgIpc) is 3.30. The number of para-hydroxylation sites is 1. The zero-order chi connectivity index (χ0) is 23.3. The van der Waals surface area contributed by atoms with E-state index in [4.69, 9.17) is 9.84 Å². The molecule has 3 aromatic rings. The van der Waals surface area contributed by atoms with Crippen molar-refractivity contribution in [2.75, 3.05) is 7.11 Å². The zero-order valence-electron chi connectivity index (χ0n) is 20.0. The van der Waals surface area contributed by atoms with Gasteiger partial charge in [0.05, 0.1) is 18.4 Å². The van der Waals surface area contributed by atoms with Crippen LogP contribution >= 0.6 is 0 Å².